The maximum Gasteiger partial charge on any atom is 0.264 e. The zero-order chi connectivity index (χ0) is 30.9. The Hall–Kier alpha value is -4.14. The van der Waals surface area contributed by atoms with Crippen LogP contribution >= 0.6 is 11.6 Å². The van der Waals surface area contributed by atoms with Crippen LogP contribution in [0, 0.1) is 0 Å². The third kappa shape index (κ3) is 7.68. The predicted molar refractivity (Wildman–Crippen MR) is 174 cm³/mol. The van der Waals surface area contributed by atoms with Gasteiger partial charge in [-0.2, -0.15) is 0 Å². The van der Waals surface area contributed by atoms with Crippen LogP contribution in [0.1, 0.15) is 36.8 Å². The number of nitrogens with zero attached hydrogens (tertiary/aromatic N) is 2. The fourth-order valence-electron chi connectivity index (χ4n) is 5.57. The van der Waals surface area contributed by atoms with E-state index >= 15 is 0 Å². The first-order valence-corrected chi connectivity index (χ1v) is 16.6. The van der Waals surface area contributed by atoms with E-state index in [9.17, 15) is 18.0 Å². The van der Waals surface area contributed by atoms with Crippen molar-refractivity contribution in [3.05, 3.63) is 131 Å². The Balaban J connectivity index is 1.55. The van der Waals surface area contributed by atoms with E-state index in [-0.39, 0.29) is 29.8 Å². The van der Waals surface area contributed by atoms with Gasteiger partial charge in [0.2, 0.25) is 11.8 Å². The number of benzene rings is 4. The molecule has 9 heteroatoms. The van der Waals surface area contributed by atoms with Crippen molar-refractivity contribution in [2.45, 2.75) is 55.6 Å². The highest BCUT2D eigenvalue weighted by molar-refractivity contribution is 7.92. The smallest absolute Gasteiger partial charge is 0.264 e. The van der Waals surface area contributed by atoms with Crippen LogP contribution in [0.2, 0.25) is 5.02 Å². The number of rotatable bonds is 12. The lowest BCUT2D eigenvalue weighted by Gasteiger charge is -2.34. The molecule has 1 aliphatic rings. The maximum atomic E-state index is 14.5. The molecular weight excluding hydrogens is 594 g/mol. The Kier molecular flexibility index (Phi) is 10.4. The van der Waals surface area contributed by atoms with Gasteiger partial charge in [0.1, 0.15) is 12.6 Å². The van der Waals surface area contributed by atoms with E-state index in [1.54, 1.807) is 60.7 Å². The summed E-state index contributed by atoms with van der Waals surface area (Å²) in [6.07, 6.45) is 4.12. The zero-order valence-electron chi connectivity index (χ0n) is 24.4. The van der Waals surface area contributed by atoms with Crippen molar-refractivity contribution >= 4 is 39.1 Å². The lowest BCUT2D eigenvalue weighted by Crippen LogP contribution is -2.54. The van der Waals surface area contributed by atoms with Crippen molar-refractivity contribution in [3.63, 3.8) is 0 Å². The minimum atomic E-state index is -4.13. The molecule has 228 valence electrons. The summed E-state index contributed by atoms with van der Waals surface area (Å²) in [6, 6.07) is 32.4. The highest BCUT2D eigenvalue weighted by Gasteiger charge is 2.35. The SMILES string of the molecule is O=C(NC1CCCC1)[C@@H](Cc1ccccc1)N(Cc1ccccc1Cl)C(=O)CN(c1ccccc1)S(=O)(=O)c1ccccc1. The first kappa shape index (κ1) is 31.3. The van der Waals surface area contributed by atoms with Gasteiger partial charge in [0, 0.05) is 24.0 Å². The summed E-state index contributed by atoms with van der Waals surface area (Å²) in [7, 11) is -4.13. The summed E-state index contributed by atoms with van der Waals surface area (Å²) in [4.78, 5) is 30.1. The fourth-order valence-corrected chi connectivity index (χ4v) is 7.21. The molecule has 0 aliphatic heterocycles. The minimum Gasteiger partial charge on any atom is -0.352 e. The van der Waals surface area contributed by atoms with Crippen LogP contribution in [-0.4, -0.2) is 43.8 Å². The third-order valence-corrected chi connectivity index (χ3v) is 10.1. The van der Waals surface area contributed by atoms with E-state index in [2.05, 4.69) is 5.32 Å². The molecule has 2 amide bonds. The quantitative estimate of drug-likeness (QED) is 0.201. The van der Waals surface area contributed by atoms with E-state index in [1.165, 1.54) is 17.0 Å². The van der Waals surface area contributed by atoms with Crippen molar-refractivity contribution in [2.75, 3.05) is 10.8 Å². The van der Waals surface area contributed by atoms with Gasteiger partial charge in [-0.25, -0.2) is 8.42 Å². The van der Waals surface area contributed by atoms with E-state index in [1.807, 2.05) is 42.5 Å². The van der Waals surface area contributed by atoms with Gasteiger partial charge in [-0.05, 0) is 54.3 Å². The Morgan fingerprint density at radius 3 is 2.00 bits per heavy atom. The van der Waals surface area contributed by atoms with Crippen molar-refractivity contribution in [1.82, 2.24) is 10.2 Å². The Bertz CT molecular complexity index is 1650. The largest absolute Gasteiger partial charge is 0.352 e. The Morgan fingerprint density at radius 1 is 0.795 bits per heavy atom. The summed E-state index contributed by atoms with van der Waals surface area (Å²) < 4.78 is 29.1. The highest BCUT2D eigenvalue weighted by atomic mass is 35.5. The summed E-state index contributed by atoms with van der Waals surface area (Å²) in [5, 5.41) is 3.63. The number of carbonyl (C=O) groups is 2. The van der Waals surface area contributed by atoms with Gasteiger partial charge in [0.15, 0.2) is 0 Å². The van der Waals surface area contributed by atoms with Crippen molar-refractivity contribution in [3.8, 4) is 0 Å². The fraction of sp³-hybridized carbons (Fsp3) is 0.257. The average Bonchev–Trinajstić information content (AvgIpc) is 3.56. The van der Waals surface area contributed by atoms with Crippen LogP contribution in [0.3, 0.4) is 0 Å². The number of hydrogen-bond acceptors (Lipinski definition) is 4. The third-order valence-electron chi connectivity index (χ3n) is 7.93. The predicted octanol–water partition coefficient (Wildman–Crippen LogP) is 6.23. The normalized spacial score (nSPS) is 14.1. The van der Waals surface area contributed by atoms with Crippen molar-refractivity contribution < 1.29 is 18.0 Å². The number of nitrogens with one attached hydrogen (secondary N) is 1. The maximum absolute atomic E-state index is 14.5. The molecule has 0 heterocycles. The average molecular weight is 630 g/mol. The lowest BCUT2D eigenvalue weighted by molar-refractivity contribution is -0.140. The van der Waals surface area contributed by atoms with Gasteiger partial charge in [-0.3, -0.25) is 13.9 Å². The molecule has 5 rings (SSSR count). The number of anilines is 1. The molecule has 0 radical (unpaired) electrons. The van der Waals surface area contributed by atoms with Crippen LogP contribution in [0.15, 0.2) is 120 Å². The van der Waals surface area contributed by atoms with Crippen LogP contribution in [-0.2, 0) is 32.6 Å². The van der Waals surface area contributed by atoms with Gasteiger partial charge >= 0.3 is 0 Å². The minimum absolute atomic E-state index is 0.0299. The number of sulfonamides is 1. The van der Waals surface area contributed by atoms with Gasteiger partial charge in [-0.1, -0.05) is 109 Å². The topological polar surface area (TPSA) is 86.8 Å². The molecule has 4 aromatic carbocycles. The van der Waals surface area contributed by atoms with E-state index in [4.69, 9.17) is 11.6 Å². The molecule has 1 atom stereocenters. The first-order chi connectivity index (χ1) is 21.3. The monoisotopic (exact) mass is 629 g/mol. The second-order valence-electron chi connectivity index (χ2n) is 11.0. The Morgan fingerprint density at radius 2 is 1.36 bits per heavy atom. The highest BCUT2D eigenvalue weighted by Crippen LogP contribution is 2.26. The molecule has 0 aromatic heterocycles. The van der Waals surface area contributed by atoms with Crippen LogP contribution in [0.25, 0.3) is 0 Å². The molecule has 44 heavy (non-hydrogen) atoms. The van der Waals surface area contributed by atoms with E-state index < -0.39 is 28.5 Å². The summed E-state index contributed by atoms with van der Waals surface area (Å²) in [5.74, 6) is -0.783. The number of para-hydroxylation sites is 1. The molecule has 1 saturated carbocycles. The molecule has 7 nitrogen and oxygen atoms in total. The van der Waals surface area contributed by atoms with E-state index in [0.29, 0.717) is 16.3 Å². The molecule has 1 aliphatic carbocycles. The van der Waals surface area contributed by atoms with Crippen LogP contribution in [0.5, 0.6) is 0 Å². The molecule has 0 saturated heterocycles. The first-order valence-electron chi connectivity index (χ1n) is 14.8. The van der Waals surface area contributed by atoms with Crippen molar-refractivity contribution in [2.24, 2.45) is 0 Å². The van der Waals surface area contributed by atoms with E-state index in [0.717, 1.165) is 35.6 Å². The number of amides is 2. The Labute approximate surface area is 264 Å². The van der Waals surface area contributed by atoms with Crippen LogP contribution < -0.4 is 9.62 Å². The second-order valence-corrected chi connectivity index (χ2v) is 13.2. The molecule has 4 aromatic rings. The molecule has 1 N–H and O–H groups in total. The molecule has 0 bridgehead atoms. The second kappa shape index (κ2) is 14.6. The number of hydrogen-bond donors (Lipinski definition) is 1. The summed E-state index contributed by atoms with van der Waals surface area (Å²) in [5.41, 5.74) is 1.89. The number of carbonyl (C=O) groups excluding carboxylic acids is 2. The van der Waals surface area contributed by atoms with Crippen molar-refractivity contribution in [1.29, 1.82) is 0 Å². The molecular formula is C35H36ClN3O4S. The number of halogens is 1. The van der Waals surface area contributed by atoms with Gasteiger partial charge in [0.25, 0.3) is 10.0 Å². The van der Waals surface area contributed by atoms with Gasteiger partial charge in [-0.15, -0.1) is 0 Å². The zero-order valence-corrected chi connectivity index (χ0v) is 26.0. The molecule has 0 spiro atoms. The molecule has 0 unspecified atom stereocenters. The summed E-state index contributed by atoms with van der Waals surface area (Å²) in [6.45, 7) is -0.476. The van der Waals surface area contributed by atoms with Crippen LogP contribution in [0.4, 0.5) is 5.69 Å². The standard InChI is InChI=1S/C35H36ClN3O4S/c36-32-23-13-10-16-28(32)25-38(33(24-27-14-4-1-5-15-27)35(41)37-29-17-11-12-18-29)34(40)26-39(30-19-6-2-7-20-30)44(42,43)31-21-8-3-9-22-31/h1-10,13-16,19-23,29,33H,11-12,17-18,24-26H2,(H,37,41)/t33-/m1/s1. The lowest BCUT2D eigenvalue weighted by atomic mass is 10.0. The molecule has 1 fully saturated rings. The summed E-state index contributed by atoms with van der Waals surface area (Å²) >= 11 is 6.56. The van der Waals surface area contributed by atoms with Gasteiger partial charge < -0.3 is 10.2 Å². The van der Waals surface area contributed by atoms with Gasteiger partial charge in [0.05, 0.1) is 10.6 Å².